The average Bonchev–Trinajstić information content (AvgIpc) is 3.00. The molecule has 0 spiro atoms. The molecule has 3 fully saturated rings. The Morgan fingerprint density at radius 1 is 1.28 bits per heavy atom. The van der Waals surface area contributed by atoms with Gasteiger partial charge < -0.3 is 19.8 Å². The summed E-state index contributed by atoms with van der Waals surface area (Å²) in [4.78, 5) is 38.6. The van der Waals surface area contributed by atoms with E-state index in [2.05, 4.69) is 23.9 Å². The van der Waals surface area contributed by atoms with Crippen molar-refractivity contribution in [1.29, 1.82) is 0 Å². The number of hydrogen-bond acceptors (Lipinski definition) is 4. The molecule has 3 aliphatic rings. The molecule has 7 nitrogen and oxygen atoms in total. The Hall–Kier alpha value is -1.63. The zero-order chi connectivity index (χ0) is 18.4. The molecule has 2 amide bonds. The molecule has 0 radical (unpaired) electrons. The molecular weight excluding hydrogens is 322 g/mol. The van der Waals surface area contributed by atoms with E-state index >= 15 is 0 Å². The number of rotatable bonds is 6. The molecule has 0 aromatic rings. The summed E-state index contributed by atoms with van der Waals surface area (Å²) >= 11 is 0. The Kier molecular flexibility index (Phi) is 7.23. The number of piperidine rings is 2. The van der Waals surface area contributed by atoms with E-state index in [9.17, 15) is 9.59 Å². The minimum Gasteiger partial charge on any atom is -0.483 e. The first kappa shape index (κ1) is 19.7. The van der Waals surface area contributed by atoms with Crippen molar-refractivity contribution < 1.29 is 19.5 Å². The predicted octanol–water partition coefficient (Wildman–Crippen LogP) is 0.746. The maximum Gasteiger partial charge on any atom is 0.290 e. The van der Waals surface area contributed by atoms with Crippen molar-refractivity contribution >= 4 is 18.3 Å². The van der Waals surface area contributed by atoms with Gasteiger partial charge in [0, 0.05) is 45.6 Å². The lowest BCUT2D eigenvalue weighted by molar-refractivity contribution is -0.135. The number of carbonyl (C=O) groups excluding carboxylic acids is 2. The van der Waals surface area contributed by atoms with Gasteiger partial charge in [-0.15, -0.1) is 0 Å². The highest BCUT2D eigenvalue weighted by molar-refractivity contribution is 5.78. The third-order valence-corrected chi connectivity index (χ3v) is 5.54. The normalized spacial score (nSPS) is 27.6. The number of carboxylic acid groups (broad SMARTS) is 1. The van der Waals surface area contributed by atoms with Crippen molar-refractivity contribution in [2.75, 3.05) is 46.8 Å². The highest BCUT2D eigenvalue weighted by Crippen LogP contribution is 2.51. The van der Waals surface area contributed by atoms with Gasteiger partial charge in [-0.3, -0.25) is 14.4 Å². The Morgan fingerprint density at radius 3 is 2.48 bits per heavy atom. The Morgan fingerprint density at radius 2 is 1.92 bits per heavy atom. The number of fused-ring (bicyclic) bond motifs is 1. The lowest BCUT2D eigenvalue weighted by Gasteiger charge is -2.27. The number of nitrogens with zero attached hydrogens (tertiary/aromatic N) is 3. The molecule has 1 saturated carbocycles. The van der Waals surface area contributed by atoms with Gasteiger partial charge in [0.2, 0.25) is 11.8 Å². The van der Waals surface area contributed by atoms with Crippen LogP contribution in [0.1, 0.15) is 32.1 Å². The van der Waals surface area contributed by atoms with Crippen LogP contribution >= 0.6 is 0 Å². The highest BCUT2D eigenvalue weighted by atomic mass is 16.3. The quantitative estimate of drug-likeness (QED) is 0.713. The molecule has 0 aromatic heterocycles. The van der Waals surface area contributed by atoms with E-state index in [4.69, 9.17) is 9.90 Å². The van der Waals surface area contributed by atoms with E-state index in [-0.39, 0.29) is 12.4 Å². The Balaban J connectivity index is 0.000000701. The van der Waals surface area contributed by atoms with Crippen LogP contribution in [0.4, 0.5) is 0 Å². The maximum absolute atomic E-state index is 12.3. The number of likely N-dealkylation sites (tertiary alicyclic amines) is 2. The fraction of sp³-hybridized carbons (Fsp3) is 0.833. The first-order valence-electron chi connectivity index (χ1n) is 9.26. The molecule has 2 aliphatic heterocycles. The van der Waals surface area contributed by atoms with Crippen molar-refractivity contribution in [3.05, 3.63) is 0 Å². The number of carbonyl (C=O) groups is 3. The molecule has 142 valence electrons. The van der Waals surface area contributed by atoms with Crippen LogP contribution in [0.3, 0.4) is 0 Å². The van der Waals surface area contributed by atoms with Crippen LogP contribution in [0.5, 0.6) is 0 Å². The Labute approximate surface area is 149 Å². The van der Waals surface area contributed by atoms with E-state index in [1.54, 1.807) is 0 Å². The van der Waals surface area contributed by atoms with Gasteiger partial charge in [0.05, 0.1) is 0 Å². The van der Waals surface area contributed by atoms with Gasteiger partial charge in [-0.25, -0.2) is 0 Å². The van der Waals surface area contributed by atoms with Crippen LogP contribution in [0.15, 0.2) is 0 Å². The zero-order valence-electron chi connectivity index (χ0n) is 15.4. The van der Waals surface area contributed by atoms with Crippen molar-refractivity contribution in [3.63, 3.8) is 0 Å². The molecular formula is C18H31N3O4. The lowest BCUT2D eigenvalue weighted by atomic mass is 10.1. The van der Waals surface area contributed by atoms with Crippen LogP contribution in [0.25, 0.3) is 0 Å². The third-order valence-electron chi connectivity index (χ3n) is 5.54. The van der Waals surface area contributed by atoms with Gasteiger partial charge in [0.1, 0.15) is 0 Å². The molecule has 0 aromatic carbocycles. The number of hydrogen-bond donors (Lipinski definition) is 1. The topological polar surface area (TPSA) is 81.2 Å². The van der Waals surface area contributed by atoms with Crippen molar-refractivity contribution in [3.8, 4) is 0 Å². The standard InChI is InChI=1S/C17H29N3O2.CH2O2/c1-18(2)10-13-14-11-20(12-15(13)14)17(22)7-5-9-19-8-4-3-6-16(19)21;2-1-3/h13-15H,3-12H2,1-2H3;1H,(H,2,3)/t13?,14-,15+;. The molecule has 3 rings (SSSR count). The smallest absolute Gasteiger partial charge is 0.290 e. The second-order valence-electron chi connectivity index (χ2n) is 7.60. The van der Waals surface area contributed by atoms with E-state index in [0.717, 1.165) is 69.7 Å². The van der Waals surface area contributed by atoms with Crippen molar-refractivity contribution in [2.24, 2.45) is 17.8 Å². The third kappa shape index (κ3) is 5.42. The van der Waals surface area contributed by atoms with E-state index in [0.29, 0.717) is 18.7 Å². The van der Waals surface area contributed by atoms with E-state index in [1.807, 2.05) is 4.90 Å². The first-order chi connectivity index (χ1) is 12.0. The lowest BCUT2D eigenvalue weighted by Crippen LogP contribution is -2.37. The molecule has 3 atom stereocenters. The van der Waals surface area contributed by atoms with Crippen molar-refractivity contribution in [2.45, 2.75) is 32.1 Å². The van der Waals surface area contributed by atoms with E-state index < -0.39 is 0 Å². The molecule has 1 N–H and O–H groups in total. The molecule has 2 heterocycles. The maximum atomic E-state index is 12.3. The van der Waals surface area contributed by atoms with Crippen LogP contribution in [-0.4, -0.2) is 84.9 Å². The summed E-state index contributed by atoms with van der Waals surface area (Å²) in [6.07, 6.45) is 4.25. The molecule has 2 saturated heterocycles. The second-order valence-corrected chi connectivity index (χ2v) is 7.60. The van der Waals surface area contributed by atoms with Crippen molar-refractivity contribution in [1.82, 2.24) is 14.7 Å². The minimum atomic E-state index is -0.250. The van der Waals surface area contributed by atoms with Crippen LogP contribution < -0.4 is 0 Å². The zero-order valence-corrected chi connectivity index (χ0v) is 15.4. The van der Waals surface area contributed by atoms with Crippen LogP contribution in [-0.2, 0) is 14.4 Å². The first-order valence-corrected chi connectivity index (χ1v) is 9.26. The summed E-state index contributed by atoms with van der Waals surface area (Å²) in [5.41, 5.74) is 0. The molecule has 25 heavy (non-hydrogen) atoms. The predicted molar refractivity (Wildman–Crippen MR) is 94.0 cm³/mol. The van der Waals surface area contributed by atoms with Gasteiger partial charge in [-0.1, -0.05) is 0 Å². The summed E-state index contributed by atoms with van der Waals surface area (Å²) in [7, 11) is 4.25. The summed E-state index contributed by atoms with van der Waals surface area (Å²) < 4.78 is 0. The monoisotopic (exact) mass is 353 g/mol. The largest absolute Gasteiger partial charge is 0.483 e. The fourth-order valence-electron chi connectivity index (χ4n) is 4.22. The SMILES string of the molecule is CN(C)CC1[C@H]2CN(C(=O)CCCN3CCCCC3=O)C[C@@H]12.O=CO. The highest BCUT2D eigenvalue weighted by Gasteiger charge is 2.56. The average molecular weight is 353 g/mol. The molecule has 1 aliphatic carbocycles. The van der Waals surface area contributed by atoms with Gasteiger partial charge in [0.25, 0.3) is 6.47 Å². The summed E-state index contributed by atoms with van der Waals surface area (Å²) in [5, 5.41) is 6.89. The van der Waals surface area contributed by atoms with Crippen LogP contribution in [0, 0.1) is 17.8 Å². The fourth-order valence-corrected chi connectivity index (χ4v) is 4.22. The minimum absolute atomic E-state index is 0.250. The van der Waals surface area contributed by atoms with E-state index in [1.165, 1.54) is 0 Å². The number of amides is 2. The summed E-state index contributed by atoms with van der Waals surface area (Å²) in [5.74, 6) is 2.86. The van der Waals surface area contributed by atoms with Gasteiger partial charge in [-0.05, 0) is 51.1 Å². The molecule has 7 heteroatoms. The molecule has 1 unspecified atom stereocenters. The Bertz CT molecular complexity index is 471. The second kappa shape index (κ2) is 9.17. The summed E-state index contributed by atoms with van der Waals surface area (Å²) in [6.45, 7) is 4.48. The van der Waals surface area contributed by atoms with Gasteiger partial charge in [-0.2, -0.15) is 0 Å². The van der Waals surface area contributed by atoms with Gasteiger partial charge in [0.15, 0.2) is 0 Å². The van der Waals surface area contributed by atoms with Crippen LogP contribution in [0.2, 0.25) is 0 Å². The molecule has 0 bridgehead atoms. The summed E-state index contributed by atoms with van der Waals surface area (Å²) in [6, 6.07) is 0. The van der Waals surface area contributed by atoms with Gasteiger partial charge >= 0.3 is 0 Å².